The molecule has 0 aromatic heterocycles. The Labute approximate surface area is 307 Å². The normalized spacial score (nSPS) is 11.3. The maximum absolute atomic E-state index is 13.9. The van der Waals surface area contributed by atoms with Gasteiger partial charge in [0.05, 0.1) is 5.56 Å². The Kier molecular flexibility index (Phi) is 22.1. The van der Waals surface area contributed by atoms with E-state index < -0.39 is 17.2 Å². The predicted molar refractivity (Wildman–Crippen MR) is 217 cm³/mol. The van der Waals surface area contributed by atoms with Gasteiger partial charge >= 0.3 is 6.18 Å². The lowest BCUT2D eigenvalue weighted by Crippen LogP contribution is -2.35. The number of benzene rings is 4. The SMILES string of the molecule is C#Cc1ccc(C(C)(Cc2cccc(-c3ccc(C)cc3)c2)C(CCC)CCC)cc1C(F)(F)F.C=C.C=C(C)c1ccccc1.C=CN.CN. The Bertz CT molecular complexity index is 1610. The summed E-state index contributed by atoms with van der Waals surface area (Å²) < 4.78 is 41.7. The smallest absolute Gasteiger partial charge is 0.405 e. The maximum Gasteiger partial charge on any atom is 0.417 e. The highest BCUT2D eigenvalue weighted by Gasteiger charge is 2.39. The summed E-state index contributed by atoms with van der Waals surface area (Å²) in [6, 6.07) is 31.5. The van der Waals surface area contributed by atoms with E-state index in [1.807, 2.05) is 37.3 Å². The van der Waals surface area contributed by atoms with Gasteiger partial charge in [0.2, 0.25) is 0 Å². The summed E-state index contributed by atoms with van der Waals surface area (Å²) in [6.45, 7) is 23.5. The average Bonchev–Trinajstić information content (AvgIpc) is 3.14. The molecule has 4 N–H and O–H groups in total. The zero-order valence-corrected chi connectivity index (χ0v) is 31.6. The van der Waals surface area contributed by atoms with Crippen LogP contribution in [0.4, 0.5) is 13.2 Å². The molecule has 0 saturated heterocycles. The van der Waals surface area contributed by atoms with Crippen molar-refractivity contribution in [3.8, 4) is 23.5 Å². The summed E-state index contributed by atoms with van der Waals surface area (Å²) in [4.78, 5) is 0. The van der Waals surface area contributed by atoms with Gasteiger partial charge in [-0.1, -0.05) is 149 Å². The molecule has 4 aromatic rings. The molecule has 1 unspecified atom stereocenters. The summed E-state index contributed by atoms with van der Waals surface area (Å²) in [7, 11) is 1.50. The third-order valence-corrected chi connectivity index (χ3v) is 8.47. The minimum atomic E-state index is -4.49. The van der Waals surface area contributed by atoms with E-state index in [0.717, 1.165) is 47.9 Å². The molecule has 4 rings (SSSR count). The van der Waals surface area contributed by atoms with Gasteiger partial charge in [-0.25, -0.2) is 0 Å². The molecule has 1 atom stereocenters. The number of aryl methyl sites for hydroxylation is 1. The van der Waals surface area contributed by atoms with Crippen LogP contribution in [0.25, 0.3) is 16.7 Å². The largest absolute Gasteiger partial charge is 0.417 e. The topological polar surface area (TPSA) is 52.0 Å². The highest BCUT2D eigenvalue weighted by Crippen LogP contribution is 2.43. The monoisotopic (exact) mass is 696 g/mol. The van der Waals surface area contributed by atoms with Crippen LogP contribution >= 0.6 is 0 Å². The Morgan fingerprint density at radius 1 is 0.843 bits per heavy atom. The van der Waals surface area contributed by atoms with E-state index in [9.17, 15) is 13.2 Å². The number of hydrogen-bond donors (Lipinski definition) is 2. The Morgan fingerprint density at radius 3 is 1.84 bits per heavy atom. The molecule has 0 radical (unpaired) electrons. The van der Waals surface area contributed by atoms with Crippen LogP contribution < -0.4 is 11.5 Å². The van der Waals surface area contributed by atoms with Crippen molar-refractivity contribution in [1.82, 2.24) is 0 Å². The van der Waals surface area contributed by atoms with Crippen molar-refractivity contribution in [3.63, 3.8) is 0 Å². The van der Waals surface area contributed by atoms with Crippen LogP contribution in [-0.4, -0.2) is 7.05 Å². The number of allylic oxidation sites excluding steroid dienone is 1. The maximum atomic E-state index is 13.9. The molecular formula is C46H59F3N2. The van der Waals surface area contributed by atoms with E-state index in [2.05, 4.69) is 126 Å². The van der Waals surface area contributed by atoms with Crippen molar-refractivity contribution >= 4 is 5.57 Å². The molecule has 0 bridgehead atoms. The first-order chi connectivity index (χ1) is 24.3. The van der Waals surface area contributed by atoms with E-state index >= 15 is 0 Å². The van der Waals surface area contributed by atoms with Gasteiger partial charge in [-0.3, -0.25) is 0 Å². The lowest BCUT2D eigenvalue weighted by Gasteiger charge is -2.39. The second-order valence-corrected chi connectivity index (χ2v) is 12.2. The zero-order valence-electron chi connectivity index (χ0n) is 31.6. The lowest BCUT2D eigenvalue weighted by molar-refractivity contribution is -0.137. The number of hydrogen-bond acceptors (Lipinski definition) is 2. The van der Waals surface area contributed by atoms with Crippen LogP contribution in [-0.2, 0) is 18.0 Å². The highest BCUT2D eigenvalue weighted by molar-refractivity contribution is 5.64. The number of halogens is 3. The minimum absolute atomic E-state index is 0.104. The predicted octanol–water partition coefficient (Wildman–Crippen LogP) is 12.6. The molecule has 0 fully saturated rings. The molecular weight excluding hydrogens is 638 g/mol. The summed E-state index contributed by atoms with van der Waals surface area (Å²) in [6.07, 6.45) is 6.72. The summed E-state index contributed by atoms with van der Waals surface area (Å²) in [5.41, 5.74) is 15.4. The van der Waals surface area contributed by atoms with E-state index in [1.165, 1.54) is 36.5 Å². The number of rotatable bonds is 10. The molecule has 0 spiro atoms. The number of nitrogens with two attached hydrogens (primary N) is 2. The molecule has 0 amide bonds. The molecule has 4 aromatic carbocycles. The molecule has 0 saturated carbocycles. The van der Waals surface area contributed by atoms with Crippen molar-refractivity contribution in [2.45, 2.75) is 78.3 Å². The van der Waals surface area contributed by atoms with E-state index in [0.29, 0.717) is 12.0 Å². The molecule has 2 nitrogen and oxygen atoms in total. The first-order valence-electron chi connectivity index (χ1n) is 17.3. The Morgan fingerprint density at radius 2 is 1.39 bits per heavy atom. The van der Waals surface area contributed by atoms with Crippen molar-refractivity contribution < 1.29 is 13.2 Å². The van der Waals surface area contributed by atoms with Crippen LogP contribution in [0.1, 0.15) is 86.8 Å². The molecule has 5 heteroatoms. The lowest BCUT2D eigenvalue weighted by atomic mass is 9.65. The standard InChI is InChI=1S/C32H35F3.C9H10.C2H5N.C2H4.CH5N/c1-6-10-28(11-7-2)31(5,29-19-18-25(8-3)30(21-29)32(33,34)35)22-24-12-9-13-27(20-24)26-16-14-23(4)15-17-26;1-8(2)9-6-4-3-5-7-9;1-2-3;2*1-2/h3,9,12-21,28H,6-7,10-11,22H2,1-2,4-5H3;3-7H,1H2,2H3;2H,1,3H2;1-2H2;2H2,1H3. The first-order valence-corrected chi connectivity index (χ1v) is 17.3. The van der Waals surface area contributed by atoms with E-state index in [4.69, 9.17) is 6.42 Å². The third-order valence-electron chi connectivity index (χ3n) is 8.47. The van der Waals surface area contributed by atoms with Crippen molar-refractivity contribution in [1.29, 1.82) is 0 Å². The Hall–Kier alpha value is -4.79. The van der Waals surface area contributed by atoms with Gasteiger partial charge < -0.3 is 11.5 Å². The van der Waals surface area contributed by atoms with Gasteiger partial charge in [0.25, 0.3) is 0 Å². The second-order valence-electron chi connectivity index (χ2n) is 12.2. The molecule has 0 aliphatic rings. The molecule has 274 valence electrons. The molecule has 0 aliphatic carbocycles. The van der Waals surface area contributed by atoms with Gasteiger partial charge in [-0.15, -0.1) is 19.6 Å². The van der Waals surface area contributed by atoms with Crippen LogP contribution in [0.15, 0.2) is 130 Å². The Balaban J connectivity index is 0.00000130. The van der Waals surface area contributed by atoms with Gasteiger partial charge in [0.15, 0.2) is 0 Å². The average molecular weight is 697 g/mol. The van der Waals surface area contributed by atoms with Crippen molar-refractivity contribution in [2.24, 2.45) is 17.4 Å². The van der Waals surface area contributed by atoms with Gasteiger partial charge in [-0.05, 0) is 97.6 Å². The number of terminal acetylenes is 1. The number of alkyl halides is 3. The minimum Gasteiger partial charge on any atom is -0.405 e. The fraction of sp³-hybridized carbons (Fsp3) is 0.304. The third kappa shape index (κ3) is 14.9. The summed E-state index contributed by atoms with van der Waals surface area (Å²) >= 11 is 0. The first kappa shape index (κ1) is 46.2. The van der Waals surface area contributed by atoms with E-state index in [-0.39, 0.29) is 11.5 Å². The summed E-state index contributed by atoms with van der Waals surface area (Å²) in [5.74, 6) is 2.47. The van der Waals surface area contributed by atoms with Crippen LogP contribution in [0.2, 0.25) is 0 Å². The zero-order chi connectivity index (χ0) is 39.0. The fourth-order valence-electron chi connectivity index (χ4n) is 5.97. The molecule has 0 heterocycles. The fourth-order valence-corrected chi connectivity index (χ4v) is 5.97. The quantitative estimate of drug-likeness (QED) is 0.128. The van der Waals surface area contributed by atoms with Crippen LogP contribution in [0.5, 0.6) is 0 Å². The van der Waals surface area contributed by atoms with Gasteiger partial charge in [0.1, 0.15) is 0 Å². The van der Waals surface area contributed by atoms with Crippen molar-refractivity contribution in [2.75, 3.05) is 7.05 Å². The summed E-state index contributed by atoms with van der Waals surface area (Å²) in [5, 5.41) is 0. The van der Waals surface area contributed by atoms with Crippen molar-refractivity contribution in [3.05, 3.63) is 163 Å². The highest BCUT2D eigenvalue weighted by atomic mass is 19.4. The van der Waals surface area contributed by atoms with Gasteiger partial charge in [-0.2, -0.15) is 13.2 Å². The van der Waals surface area contributed by atoms with Gasteiger partial charge in [0, 0.05) is 5.56 Å². The van der Waals surface area contributed by atoms with Crippen LogP contribution in [0.3, 0.4) is 0 Å². The second kappa shape index (κ2) is 24.4. The van der Waals surface area contributed by atoms with E-state index in [1.54, 1.807) is 0 Å². The molecule has 51 heavy (non-hydrogen) atoms. The molecule has 0 aliphatic heterocycles. The van der Waals surface area contributed by atoms with Crippen LogP contribution in [0, 0.1) is 25.2 Å².